The maximum atomic E-state index is 14.7. The van der Waals surface area contributed by atoms with Gasteiger partial charge in [-0.1, -0.05) is 32.8 Å². The monoisotopic (exact) mass is 951 g/mol. The Kier molecular flexibility index (Phi) is 14.2. The predicted octanol–water partition coefficient (Wildman–Crippen LogP) is 6.27. The van der Waals surface area contributed by atoms with E-state index in [9.17, 15) is 19.2 Å². The molecule has 4 atom stereocenters. The first-order chi connectivity index (χ1) is 32.7. The Hall–Kier alpha value is -5.10. The Labute approximate surface area is 404 Å². The summed E-state index contributed by atoms with van der Waals surface area (Å²) in [5, 5.41) is 8.41. The lowest BCUT2D eigenvalue weighted by molar-refractivity contribution is -0.155. The van der Waals surface area contributed by atoms with Gasteiger partial charge in [-0.25, -0.2) is 15.2 Å². The van der Waals surface area contributed by atoms with Crippen LogP contribution in [0.5, 0.6) is 0 Å². The predicted molar refractivity (Wildman–Crippen MR) is 264 cm³/mol. The number of nitrogens with one attached hydrogen (secondary N) is 2. The maximum Gasteiger partial charge on any atom is 0.324 e. The van der Waals surface area contributed by atoms with Gasteiger partial charge in [0.2, 0.25) is 5.91 Å². The molecule has 1 unspecified atom stereocenters. The molecule has 3 aromatic heterocycles. The number of piperazine rings is 1. The van der Waals surface area contributed by atoms with Crippen LogP contribution in [0, 0.1) is 11.3 Å². The number of hydrogen-bond acceptors (Lipinski definition) is 12. The molecule has 4 aliphatic heterocycles. The van der Waals surface area contributed by atoms with Crippen molar-refractivity contribution in [2.75, 3.05) is 78.5 Å². The average molecular weight is 951 g/mol. The fourth-order valence-electron chi connectivity index (χ4n) is 10.9. The topological polar surface area (TPSA) is 158 Å². The van der Waals surface area contributed by atoms with Crippen LogP contribution in [0.1, 0.15) is 95.0 Å². The number of esters is 1. The Bertz CT molecular complexity index is 2500. The number of thiazole rings is 1. The van der Waals surface area contributed by atoms with Gasteiger partial charge in [0.05, 0.1) is 46.7 Å². The molecule has 68 heavy (non-hydrogen) atoms. The van der Waals surface area contributed by atoms with Crippen molar-refractivity contribution >= 4 is 51.7 Å². The zero-order valence-electron chi connectivity index (χ0n) is 41.0. The maximum absolute atomic E-state index is 14.7. The first kappa shape index (κ1) is 47.9. The second-order valence-electron chi connectivity index (χ2n) is 20.5. The van der Waals surface area contributed by atoms with Crippen molar-refractivity contribution in [2.24, 2.45) is 11.3 Å². The average Bonchev–Trinajstić information content (AvgIpc) is 4.09. The van der Waals surface area contributed by atoms with Gasteiger partial charge in [0.1, 0.15) is 18.1 Å². The molecule has 4 fully saturated rings. The number of carbonyl (C=O) groups excluding carboxylic acids is 4. The number of benzene rings is 1. The molecule has 3 saturated heterocycles. The fourth-order valence-corrected chi connectivity index (χ4v) is 11.8. The number of carbonyl (C=O) groups is 4. The molecule has 9 rings (SSSR count). The van der Waals surface area contributed by atoms with Crippen LogP contribution in [0.3, 0.4) is 0 Å². The van der Waals surface area contributed by atoms with Crippen molar-refractivity contribution in [3.63, 3.8) is 0 Å². The van der Waals surface area contributed by atoms with E-state index >= 15 is 0 Å². The van der Waals surface area contributed by atoms with Crippen molar-refractivity contribution in [1.29, 1.82) is 0 Å². The molecule has 1 aliphatic carbocycles. The number of likely N-dealkylation sites (tertiary alicyclic amines) is 1. The highest BCUT2D eigenvalue weighted by Gasteiger charge is 2.42. The van der Waals surface area contributed by atoms with E-state index in [2.05, 4.69) is 77.2 Å². The number of pyridine rings is 1. The number of anilines is 1. The smallest absolute Gasteiger partial charge is 0.324 e. The number of methoxy groups -OCH3 is 1. The van der Waals surface area contributed by atoms with Crippen LogP contribution >= 0.6 is 11.3 Å². The number of nitrogens with zero attached hydrogens (tertiary/aromatic N) is 8. The Balaban J connectivity index is 1.13. The number of ether oxygens (including phenoxy) is 2. The summed E-state index contributed by atoms with van der Waals surface area (Å²) in [6.07, 6.45) is 8.11. The third-order valence-corrected chi connectivity index (χ3v) is 15.9. The normalized spacial score (nSPS) is 22.7. The van der Waals surface area contributed by atoms with E-state index in [0.717, 1.165) is 109 Å². The Morgan fingerprint density at radius 3 is 2.50 bits per heavy atom. The van der Waals surface area contributed by atoms with Gasteiger partial charge in [0.25, 0.3) is 5.91 Å². The molecule has 16 nitrogen and oxygen atoms in total. The molecule has 1 saturated carbocycles. The first-order valence-corrected chi connectivity index (χ1v) is 25.7. The summed E-state index contributed by atoms with van der Waals surface area (Å²) in [5.41, 5.74) is 10.6. The molecule has 5 aliphatic rings. The number of cyclic esters (lactones) is 1. The number of hydrogen-bond donors (Lipinski definition) is 2. The molecule has 1 aromatic carbocycles. The van der Waals surface area contributed by atoms with Crippen LogP contribution in [-0.2, 0) is 43.2 Å². The molecular formula is C51H70N10O6S. The number of urea groups is 1. The van der Waals surface area contributed by atoms with Gasteiger partial charge in [-0.3, -0.25) is 24.4 Å². The molecular weight excluding hydrogens is 881 g/mol. The zero-order chi connectivity index (χ0) is 47.9. The highest BCUT2D eigenvalue weighted by Crippen LogP contribution is 2.43. The lowest BCUT2D eigenvalue weighted by Crippen LogP contribution is -2.63. The van der Waals surface area contributed by atoms with Gasteiger partial charge >= 0.3 is 12.0 Å². The summed E-state index contributed by atoms with van der Waals surface area (Å²) in [6.45, 7) is 14.8. The third kappa shape index (κ3) is 9.72. The van der Waals surface area contributed by atoms with Gasteiger partial charge in [-0.2, -0.15) is 0 Å². The molecule has 6 bridgehead atoms. The number of aryl methyl sites for hydroxylation is 1. The largest absolute Gasteiger partial charge is 0.464 e. The molecule has 2 N–H and O–H groups in total. The lowest BCUT2D eigenvalue weighted by atomic mass is 9.84. The Morgan fingerprint density at radius 2 is 1.79 bits per heavy atom. The van der Waals surface area contributed by atoms with Gasteiger partial charge in [-0.15, -0.1) is 11.3 Å². The highest BCUT2D eigenvalue weighted by atomic mass is 32.1. The third-order valence-electron chi connectivity index (χ3n) is 15.0. The van der Waals surface area contributed by atoms with Crippen LogP contribution in [0.2, 0.25) is 0 Å². The molecule has 366 valence electrons. The van der Waals surface area contributed by atoms with Crippen molar-refractivity contribution in [1.82, 2.24) is 45.0 Å². The molecule has 0 spiro atoms. The molecule has 0 radical (unpaired) electrons. The van der Waals surface area contributed by atoms with Crippen molar-refractivity contribution < 1.29 is 28.7 Å². The second kappa shape index (κ2) is 20.1. The van der Waals surface area contributed by atoms with E-state index in [4.69, 9.17) is 19.4 Å². The number of likely N-dealkylation sites (N-methyl/N-ethyl adjacent to an activating group) is 2. The summed E-state index contributed by atoms with van der Waals surface area (Å²) < 4.78 is 14.6. The van der Waals surface area contributed by atoms with Gasteiger partial charge in [0, 0.05) is 106 Å². The summed E-state index contributed by atoms with van der Waals surface area (Å²) in [7, 11) is 5.60. The quantitative estimate of drug-likeness (QED) is 0.182. The van der Waals surface area contributed by atoms with Crippen molar-refractivity contribution in [3.05, 3.63) is 52.1 Å². The fraction of sp³-hybridized carbons (Fsp3) is 0.608. The van der Waals surface area contributed by atoms with E-state index in [-0.39, 0.29) is 42.9 Å². The first-order valence-electron chi connectivity index (χ1n) is 24.9. The van der Waals surface area contributed by atoms with Crippen molar-refractivity contribution in [3.8, 4) is 22.5 Å². The molecule has 17 heteroatoms. The number of amides is 4. The lowest BCUT2D eigenvalue weighted by Gasteiger charge is -2.40. The van der Waals surface area contributed by atoms with Gasteiger partial charge < -0.3 is 39.0 Å². The minimum absolute atomic E-state index is 0.0162. The molecule has 4 aromatic rings. The summed E-state index contributed by atoms with van der Waals surface area (Å²) in [5.74, 6) is -1.14. The van der Waals surface area contributed by atoms with Crippen LogP contribution in [0.4, 0.5) is 10.5 Å². The second-order valence-corrected chi connectivity index (χ2v) is 21.4. The van der Waals surface area contributed by atoms with E-state index in [1.165, 1.54) is 16.3 Å². The minimum atomic E-state index is -1.01. The summed E-state index contributed by atoms with van der Waals surface area (Å²) >= 11 is 1.46. The van der Waals surface area contributed by atoms with Crippen LogP contribution in [0.25, 0.3) is 33.4 Å². The minimum Gasteiger partial charge on any atom is -0.464 e. The van der Waals surface area contributed by atoms with Crippen molar-refractivity contribution in [2.45, 2.75) is 116 Å². The van der Waals surface area contributed by atoms with Gasteiger partial charge in [-0.05, 0) is 89.1 Å². The molecule has 4 amide bonds. The number of hydrazine groups is 1. The van der Waals surface area contributed by atoms with Crippen LogP contribution in [0.15, 0.2) is 35.8 Å². The number of fused-ring (bicyclic) bond motifs is 6. The SMILES string of the molecule is CCn1c(-c2cc(N3CCN(C)CC3)cnc2[C@H](C)OC)c2c3cc(ccc31)-c1csc(n1)C[C@H](NC(=O)C(C1CCCC1)N(C)C(=O)N1CCC1)C(=O)N1CCC[C@H](N1)C(=O)OCC(C)(C)C2. The van der Waals surface area contributed by atoms with Crippen LogP contribution < -0.4 is 15.6 Å². The summed E-state index contributed by atoms with van der Waals surface area (Å²) in [4.78, 5) is 75.4. The van der Waals surface area contributed by atoms with E-state index in [1.807, 2.05) is 18.5 Å². The van der Waals surface area contributed by atoms with E-state index < -0.39 is 29.5 Å². The standard InChI is InChI=1S/C51H70N10O6S/c1-8-60-42-17-16-34-25-36(42)38(46(60)37-26-35(29-52-44(37)32(2)66-7)58-23-21-56(5)22-24-58)28-51(3,4)31-67-49(64)39-15-11-20-61(55-39)48(63)40(27-43-53-41(34)30-68-43)54-47(62)45(33-13-9-10-14-33)57(6)50(65)59-18-12-19-59/h16-17,25-26,29-30,32-33,39-40,45,55H,8-15,18-24,27-28,31H2,1-7H3,(H,54,62)/t32-,39-,40-,45?/m0/s1. The zero-order valence-corrected chi connectivity index (χ0v) is 41.8. The van der Waals surface area contributed by atoms with E-state index in [0.29, 0.717) is 50.4 Å². The van der Waals surface area contributed by atoms with Gasteiger partial charge in [0.15, 0.2) is 0 Å². The van der Waals surface area contributed by atoms with E-state index in [1.54, 1.807) is 24.0 Å². The number of aromatic nitrogens is 3. The molecule has 7 heterocycles. The number of rotatable bonds is 9. The summed E-state index contributed by atoms with van der Waals surface area (Å²) in [6, 6.07) is 6.17. The highest BCUT2D eigenvalue weighted by molar-refractivity contribution is 7.10. The Morgan fingerprint density at radius 1 is 1.03 bits per heavy atom. The van der Waals surface area contributed by atoms with Crippen LogP contribution in [-0.4, -0.2) is 150 Å².